The van der Waals surface area contributed by atoms with E-state index in [4.69, 9.17) is 30.5 Å². The van der Waals surface area contributed by atoms with Gasteiger partial charge in [0, 0.05) is 0 Å². The minimum Gasteiger partial charge on any atom is -0.490 e. The molecule has 4 rings (SSSR count). The fourth-order valence-corrected chi connectivity index (χ4v) is 2.45. The number of hydrogen-bond donors (Lipinski definition) is 0. The topological polar surface area (TPSA) is 43.5 Å². The van der Waals surface area contributed by atoms with Crippen molar-refractivity contribution in [2.75, 3.05) is 26.4 Å². The van der Waals surface area contributed by atoms with Gasteiger partial charge in [0.05, 0.1) is 23.6 Å². The Morgan fingerprint density at radius 2 is 1.71 bits per heavy atom. The van der Waals surface area contributed by atoms with E-state index in [-0.39, 0.29) is 12.2 Å². The quantitative estimate of drug-likeness (QED) is 0.769. The van der Waals surface area contributed by atoms with E-state index in [2.05, 4.69) is 0 Å². The molecule has 2 aliphatic rings. The second-order valence-electron chi connectivity index (χ2n) is 5.26. The third-order valence-electron chi connectivity index (χ3n) is 3.55. The first kappa shape index (κ1) is 13.2. The molecule has 0 aromatic heterocycles. The number of hydrogen-bond acceptors (Lipinski definition) is 4. The largest absolute Gasteiger partial charge is 0.490 e. The van der Waals surface area contributed by atoms with Crippen LogP contribution in [0.5, 0.6) is 11.5 Å². The summed E-state index contributed by atoms with van der Waals surface area (Å²) >= 11 is 6.31. The summed E-state index contributed by atoms with van der Waals surface area (Å²) in [6.45, 7) is 2.59. The van der Waals surface area contributed by atoms with E-state index in [9.17, 15) is 0 Å². The predicted octanol–water partition coefficient (Wildman–Crippen LogP) is 3.05. The van der Waals surface area contributed by atoms with Gasteiger partial charge in [-0.15, -0.1) is 0 Å². The average molecular weight is 307 g/mol. The summed E-state index contributed by atoms with van der Waals surface area (Å²) in [6, 6.07) is 9.74. The van der Waals surface area contributed by atoms with E-state index in [0.29, 0.717) is 24.0 Å². The van der Waals surface area contributed by atoms with Gasteiger partial charge >= 0.3 is 0 Å². The van der Waals surface area contributed by atoms with Crippen molar-refractivity contribution in [1.82, 2.24) is 0 Å². The van der Waals surface area contributed by atoms with Crippen molar-refractivity contribution < 1.29 is 18.9 Å². The first-order valence-corrected chi connectivity index (χ1v) is 7.39. The molecule has 110 valence electrons. The van der Waals surface area contributed by atoms with Crippen LogP contribution in [0.15, 0.2) is 30.3 Å². The van der Waals surface area contributed by atoms with E-state index >= 15 is 0 Å². The van der Waals surface area contributed by atoms with Crippen molar-refractivity contribution >= 4 is 22.4 Å². The van der Waals surface area contributed by atoms with Crippen LogP contribution in [-0.2, 0) is 9.47 Å². The van der Waals surface area contributed by atoms with E-state index in [1.807, 2.05) is 30.3 Å². The fraction of sp³-hybridized carbons (Fsp3) is 0.375. The molecule has 0 amide bonds. The number of ether oxygens (including phenoxy) is 4. The van der Waals surface area contributed by atoms with Gasteiger partial charge in [-0.3, -0.25) is 0 Å². The molecule has 0 radical (unpaired) electrons. The lowest BCUT2D eigenvalue weighted by atomic mass is 10.1. The summed E-state index contributed by atoms with van der Waals surface area (Å²) in [6.07, 6.45) is 0.396. The monoisotopic (exact) mass is 306 g/mol. The molecule has 0 aliphatic carbocycles. The number of rotatable bonds is 6. The number of halogens is 1. The van der Waals surface area contributed by atoms with Crippen LogP contribution in [0, 0.1) is 0 Å². The normalized spacial score (nSPS) is 23.1. The van der Waals surface area contributed by atoms with Crippen molar-refractivity contribution in [3.63, 3.8) is 0 Å². The second-order valence-corrected chi connectivity index (χ2v) is 5.67. The molecule has 0 N–H and O–H groups in total. The molecule has 2 aromatic carbocycles. The number of epoxide rings is 2. The smallest absolute Gasteiger partial charge is 0.149 e. The SMILES string of the molecule is Clc1ccc2cccc(OCC3CO3)c2c1OCC1CO1. The first-order valence-electron chi connectivity index (χ1n) is 7.01. The zero-order chi connectivity index (χ0) is 14.2. The van der Waals surface area contributed by atoms with Crippen LogP contribution in [-0.4, -0.2) is 38.6 Å². The fourth-order valence-electron chi connectivity index (χ4n) is 2.24. The molecule has 2 unspecified atom stereocenters. The molecule has 2 aliphatic heterocycles. The van der Waals surface area contributed by atoms with Gasteiger partial charge in [0.25, 0.3) is 0 Å². The summed E-state index contributed by atoms with van der Waals surface area (Å²) < 4.78 is 22.1. The Morgan fingerprint density at radius 1 is 1.00 bits per heavy atom. The van der Waals surface area contributed by atoms with E-state index in [1.54, 1.807) is 0 Å². The maximum Gasteiger partial charge on any atom is 0.149 e. The molecule has 5 heteroatoms. The molecule has 0 bridgehead atoms. The Morgan fingerprint density at radius 3 is 2.43 bits per heavy atom. The Balaban J connectivity index is 1.70. The molecule has 4 nitrogen and oxygen atoms in total. The summed E-state index contributed by atoms with van der Waals surface area (Å²) in [7, 11) is 0. The Hall–Kier alpha value is -1.49. The third-order valence-corrected chi connectivity index (χ3v) is 3.85. The Labute approximate surface area is 127 Å². The standard InChI is InChI=1S/C16H15ClO4/c17-13-5-4-10-2-1-3-14(20-8-11-6-18-11)15(10)16(13)21-9-12-7-19-12/h1-5,11-12H,6-9H2. The Kier molecular flexibility index (Phi) is 3.37. The van der Waals surface area contributed by atoms with Crippen molar-refractivity contribution in [3.05, 3.63) is 35.4 Å². The summed E-state index contributed by atoms with van der Waals surface area (Å²) in [5.74, 6) is 1.44. The van der Waals surface area contributed by atoms with Crippen molar-refractivity contribution in [2.24, 2.45) is 0 Å². The van der Waals surface area contributed by atoms with Gasteiger partial charge in [0.2, 0.25) is 0 Å². The lowest BCUT2D eigenvalue weighted by Gasteiger charge is -2.14. The van der Waals surface area contributed by atoms with Crippen LogP contribution < -0.4 is 9.47 Å². The lowest BCUT2D eigenvalue weighted by molar-refractivity contribution is 0.258. The average Bonchev–Trinajstić information content (AvgIpc) is 3.37. The zero-order valence-corrected chi connectivity index (χ0v) is 12.1. The highest BCUT2D eigenvalue weighted by atomic mass is 35.5. The van der Waals surface area contributed by atoms with Gasteiger partial charge in [-0.05, 0) is 17.5 Å². The maximum absolute atomic E-state index is 6.31. The molecule has 21 heavy (non-hydrogen) atoms. The van der Waals surface area contributed by atoms with Crippen molar-refractivity contribution in [1.29, 1.82) is 0 Å². The van der Waals surface area contributed by atoms with Gasteiger partial charge < -0.3 is 18.9 Å². The van der Waals surface area contributed by atoms with Crippen molar-refractivity contribution in [2.45, 2.75) is 12.2 Å². The molecule has 2 aromatic rings. The third kappa shape index (κ3) is 2.93. The molecule has 0 saturated carbocycles. The Bertz CT molecular complexity index is 665. The van der Waals surface area contributed by atoms with Gasteiger partial charge in [-0.25, -0.2) is 0 Å². The molecule has 2 saturated heterocycles. The number of fused-ring (bicyclic) bond motifs is 1. The summed E-state index contributed by atoms with van der Waals surface area (Å²) in [5.41, 5.74) is 0. The van der Waals surface area contributed by atoms with Gasteiger partial charge in [-0.2, -0.15) is 0 Å². The molecule has 2 heterocycles. The van der Waals surface area contributed by atoms with Gasteiger partial charge in [-0.1, -0.05) is 29.8 Å². The molecule has 0 spiro atoms. The minimum atomic E-state index is 0.185. The highest BCUT2D eigenvalue weighted by Crippen LogP contribution is 2.39. The van der Waals surface area contributed by atoms with Crippen LogP contribution in [0.1, 0.15) is 0 Å². The van der Waals surface area contributed by atoms with Crippen LogP contribution in [0.3, 0.4) is 0 Å². The minimum absolute atomic E-state index is 0.185. The summed E-state index contributed by atoms with van der Waals surface area (Å²) in [4.78, 5) is 0. The lowest BCUT2D eigenvalue weighted by Crippen LogP contribution is -2.07. The summed E-state index contributed by atoms with van der Waals surface area (Å²) in [5, 5.41) is 2.54. The molecular weight excluding hydrogens is 292 g/mol. The molecule has 2 fully saturated rings. The van der Waals surface area contributed by atoms with Crippen molar-refractivity contribution in [3.8, 4) is 11.5 Å². The maximum atomic E-state index is 6.31. The van der Waals surface area contributed by atoms with E-state index < -0.39 is 0 Å². The predicted molar refractivity (Wildman–Crippen MR) is 79.4 cm³/mol. The highest BCUT2D eigenvalue weighted by molar-refractivity contribution is 6.33. The van der Waals surface area contributed by atoms with Crippen LogP contribution in [0.25, 0.3) is 10.8 Å². The van der Waals surface area contributed by atoms with Gasteiger partial charge in [0.1, 0.15) is 36.9 Å². The molecular formula is C16H15ClO4. The van der Waals surface area contributed by atoms with Crippen LogP contribution in [0.4, 0.5) is 0 Å². The van der Waals surface area contributed by atoms with Crippen LogP contribution >= 0.6 is 11.6 Å². The van der Waals surface area contributed by atoms with E-state index in [0.717, 1.165) is 29.7 Å². The molecule has 2 atom stereocenters. The van der Waals surface area contributed by atoms with Gasteiger partial charge in [0.15, 0.2) is 0 Å². The number of benzene rings is 2. The second kappa shape index (κ2) is 5.37. The highest BCUT2D eigenvalue weighted by Gasteiger charge is 2.26. The zero-order valence-electron chi connectivity index (χ0n) is 11.4. The van der Waals surface area contributed by atoms with Crippen LogP contribution in [0.2, 0.25) is 5.02 Å². The first-order chi connectivity index (χ1) is 10.3. The van der Waals surface area contributed by atoms with E-state index in [1.165, 1.54) is 0 Å².